The van der Waals surface area contributed by atoms with E-state index in [9.17, 15) is 5.11 Å². The highest BCUT2D eigenvalue weighted by atomic mass is 16.7. The van der Waals surface area contributed by atoms with Crippen LogP contribution in [0, 0.1) is 11.8 Å². The Bertz CT molecular complexity index is 594. The van der Waals surface area contributed by atoms with Gasteiger partial charge in [-0.1, -0.05) is 24.1 Å². The van der Waals surface area contributed by atoms with Crippen LogP contribution in [0.15, 0.2) is 30.9 Å². The molecule has 4 heteroatoms. The van der Waals surface area contributed by atoms with Crippen molar-refractivity contribution >= 4 is 0 Å². The number of rotatable bonds is 8. The molecule has 0 aliphatic carbocycles. The number of methoxy groups -OCH3 is 1. The Morgan fingerprint density at radius 3 is 3.04 bits per heavy atom. The van der Waals surface area contributed by atoms with E-state index >= 15 is 0 Å². The summed E-state index contributed by atoms with van der Waals surface area (Å²) in [5.74, 6) is 6.71. The summed E-state index contributed by atoms with van der Waals surface area (Å²) in [5, 5.41) is 10.4. The van der Waals surface area contributed by atoms with Crippen LogP contribution in [0.2, 0.25) is 0 Å². The molecule has 1 aromatic rings. The van der Waals surface area contributed by atoms with Gasteiger partial charge in [0, 0.05) is 18.6 Å². The lowest BCUT2D eigenvalue weighted by atomic mass is 9.99. The molecule has 2 rings (SSSR count). The van der Waals surface area contributed by atoms with E-state index in [0.29, 0.717) is 19.4 Å². The Hall–Kier alpha value is -1.80. The molecular formula is C21H28O4. The van der Waals surface area contributed by atoms with E-state index in [1.165, 1.54) is 6.42 Å². The smallest absolute Gasteiger partial charge is 0.157 e. The van der Waals surface area contributed by atoms with E-state index in [4.69, 9.17) is 14.2 Å². The van der Waals surface area contributed by atoms with Gasteiger partial charge in [-0.15, -0.1) is 12.5 Å². The predicted molar refractivity (Wildman–Crippen MR) is 98.4 cm³/mol. The summed E-state index contributed by atoms with van der Waals surface area (Å²) < 4.78 is 16.6. The molecule has 1 aromatic carbocycles. The summed E-state index contributed by atoms with van der Waals surface area (Å²) in [6.07, 6.45) is 6.34. The van der Waals surface area contributed by atoms with Gasteiger partial charge >= 0.3 is 0 Å². The van der Waals surface area contributed by atoms with E-state index < -0.39 is 6.10 Å². The molecule has 0 aromatic heterocycles. The number of ether oxygens (including phenoxy) is 3. The highest BCUT2D eigenvalue weighted by molar-refractivity contribution is 5.44. The minimum Gasteiger partial charge on any atom is -0.496 e. The Balaban J connectivity index is 1.82. The first-order chi connectivity index (χ1) is 12.3. The quantitative estimate of drug-likeness (QED) is 0.443. The molecule has 1 N–H and O–H groups in total. The van der Waals surface area contributed by atoms with Crippen LogP contribution in [0.4, 0.5) is 0 Å². The van der Waals surface area contributed by atoms with Crippen LogP contribution in [-0.4, -0.2) is 31.7 Å². The van der Waals surface area contributed by atoms with Gasteiger partial charge < -0.3 is 19.3 Å². The van der Waals surface area contributed by atoms with Gasteiger partial charge in [0.25, 0.3) is 0 Å². The van der Waals surface area contributed by atoms with E-state index in [1.54, 1.807) is 13.2 Å². The number of allylic oxidation sites excluding steroid dienone is 1. The molecular weight excluding hydrogens is 316 g/mol. The van der Waals surface area contributed by atoms with Crippen LogP contribution in [0.1, 0.15) is 49.3 Å². The normalized spacial score (nSPS) is 18.1. The van der Waals surface area contributed by atoms with E-state index in [-0.39, 0.29) is 6.29 Å². The lowest BCUT2D eigenvalue weighted by Crippen LogP contribution is -2.22. The van der Waals surface area contributed by atoms with Crippen molar-refractivity contribution in [3.63, 3.8) is 0 Å². The Labute approximate surface area is 150 Å². The fourth-order valence-electron chi connectivity index (χ4n) is 2.86. The highest BCUT2D eigenvalue weighted by Gasteiger charge is 2.14. The minimum absolute atomic E-state index is 0.0504. The maximum atomic E-state index is 10.4. The Morgan fingerprint density at radius 1 is 1.44 bits per heavy atom. The number of aliphatic hydroxyl groups excluding tert-OH is 1. The maximum absolute atomic E-state index is 10.4. The van der Waals surface area contributed by atoms with Crippen molar-refractivity contribution < 1.29 is 19.3 Å². The highest BCUT2D eigenvalue weighted by Crippen LogP contribution is 2.27. The largest absolute Gasteiger partial charge is 0.496 e. The Morgan fingerprint density at radius 2 is 2.32 bits per heavy atom. The van der Waals surface area contributed by atoms with Crippen LogP contribution in [-0.2, 0) is 15.9 Å². The number of unbranched alkanes of at least 4 members (excludes halogenated alkanes) is 1. The molecule has 1 aliphatic rings. The van der Waals surface area contributed by atoms with Gasteiger partial charge in [0.15, 0.2) is 6.29 Å². The van der Waals surface area contributed by atoms with E-state index in [0.717, 1.165) is 42.7 Å². The monoisotopic (exact) mass is 344 g/mol. The molecule has 0 saturated carbocycles. The second-order valence-corrected chi connectivity index (χ2v) is 6.01. The topological polar surface area (TPSA) is 47.9 Å². The van der Waals surface area contributed by atoms with Gasteiger partial charge in [0.05, 0.1) is 13.7 Å². The average molecular weight is 344 g/mol. The van der Waals surface area contributed by atoms with Crippen LogP contribution < -0.4 is 4.74 Å². The molecule has 25 heavy (non-hydrogen) atoms. The molecule has 1 aliphatic heterocycles. The SMILES string of the molecule is C=CCc1c(OC)cccc1[C@@H](O)C#CCCCOC1CCCCO1. The van der Waals surface area contributed by atoms with Crippen molar-refractivity contribution in [1.82, 2.24) is 0 Å². The van der Waals surface area contributed by atoms with Crippen molar-refractivity contribution in [3.8, 4) is 17.6 Å². The minimum atomic E-state index is -0.826. The van der Waals surface area contributed by atoms with Crippen LogP contribution in [0.25, 0.3) is 0 Å². The summed E-state index contributed by atoms with van der Waals surface area (Å²) in [7, 11) is 1.62. The van der Waals surface area contributed by atoms with Crippen molar-refractivity contribution in [3.05, 3.63) is 42.0 Å². The van der Waals surface area contributed by atoms with Crippen molar-refractivity contribution in [2.45, 2.75) is 50.9 Å². The molecule has 0 bridgehead atoms. The van der Waals surface area contributed by atoms with E-state index in [2.05, 4.69) is 18.4 Å². The lowest BCUT2D eigenvalue weighted by Gasteiger charge is -2.22. The summed E-state index contributed by atoms with van der Waals surface area (Å²) in [4.78, 5) is 0. The van der Waals surface area contributed by atoms with Crippen LogP contribution >= 0.6 is 0 Å². The van der Waals surface area contributed by atoms with Crippen molar-refractivity contribution in [1.29, 1.82) is 0 Å². The maximum Gasteiger partial charge on any atom is 0.157 e. The fraction of sp³-hybridized carbons (Fsp3) is 0.524. The first-order valence-corrected chi connectivity index (χ1v) is 8.92. The second kappa shape index (κ2) is 10.9. The van der Waals surface area contributed by atoms with Gasteiger partial charge in [0.1, 0.15) is 11.9 Å². The third-order valence-corrected chi connectivity index (χ3v) is 4.16. The Kier molecular flexibility index (Phi) is 8.54. The molecule has 1 heterocycles. The van der Waals surface area contributed by atoms with Crippen LogP contribution in [0.3, 0.4) is 0 Å². The zero-order chi connectivity index (χ0) is 17.9. The fourth-order valence-corrected chi connectivity index (χ4v) is 2.86. The molecule has 0 radical (unpaired) electrons. The number of benzene rings is 1. The van der Waals surface area contributed by atoms with Gasteiger partial charge in [0.2, 0.25) is 0 Å². The second-order valence-electron chi connectivity index (χ2n) is 6.01. The molecule has 1 fully saturated rings. The van der Waals surface area contributed by atoms with Crippen molar-refractivity contribution in [2.75, 3.05) is 20.3 Å². The first-order valence-electron chi connectivity index (χ1n) is 8.92. The molecule has 0 spiro atoms. The summed E-state index contributed by atoms with van der Waals surface area (Å²) >= 11 is 0. The predicted octanol–water partition coefficient (Wildman–Crippen LogP) is 3.78. The standard InChI is InChI=1S/C21H28O4/c1-3-10-18-17(11-9-13-20(18)23-2)19(22)12-5-4-7-15-24-21-14-6-8-16-25-21/h3,9,11,13,19,21-22H,1,4,6-8,10,14-16H2,2H3/t19-,21?/m0/s1. The zero-order valence-electron chi connectivity index (χ0n) is 15.0. The summed E-state index contributed by atoms with van der Waals surface area (Å²) in [6, 6.07) is 5.63. The molecule has 0 amide bonds. The molecule has 136 valence electrons. The number of aliphatic hydroxyl groups is 1. The van der Waals surface area contributed by atoms with E-state index in [1.807, 2.05) is 18.2 Å². The van der Waals surface area contributed by atoms with Gasteiger partial charge in [-0.3, -0.25) is 0 Å². The van der Waals surface area contributed by atoms with Gasteiger partial charge in [-0.2, -0.15) is 0 Å². The van der Waals surface area contributed by atoms with Crippen LogP contribution in [0.5, 0.6) is 5.75 Å². The lowest BCUT2D eigenvalue weighted by molar-refractivity contribution is -0.162. The molecule has 1 saturated heterocycles. The zero-order valence-corrected chi connectivity index (χ0v) is 15.0. The molecule has 1 unspecified atom stereocenters. The summed E-state index contributed by atoms with van der Waals surface area (Å²) in [6.45, 7) is 5.20. The number of hydrogen-bond acceptors (Lipinski definition) is 4. The third-order valence-electron chi connectivity index (χ3n) is 4.16. The third kappa shape index (κ3) is 6.21. The summed E-state index contributed by atoms with van der Waals surface area (Å²) in [5.41, 5.74) is 1.71. The average Bonchev–Trinajstić information content (AvgIpc) is 2.65. The molecule has 2 atom stereocenters. The van der Waals surface area contributed by atoms with Crippen molar-refractivity contribution in [2.24, 2.45) is 0 Å². The first kappa shape index (κ1) is 19.5. The van der Waals surface area contributed by atoms with Gasteiger partial charge in [-0.25, -0.2) is 0 Å². The van der Waals surface area contributed by atoms with Gasteiger partial charge in [-0.05, 0) is 43.7 Å². The molecule has 4 nitrogen and oxygen atoms in total. The number of hydrogen-bond donors (Lipinski definition) is 1.